The third-order valence-electron chi connectivity index (χ3n) is 2.61. The van der Waals surface area contributed by atoms with E-state index < -0.39 is 0 Å². The van der Waals surface area contributed by atoms with Crippen LogP contribution in [0.3, 0.4) is 0 Å². The fraction of sp³-hybridized carbons (Fsp3) is 0.250. The highest BCUT2D eigenvalue weighted by molar-refractivity contribution is 5.42. The van der Waals surface area contributed by atoms with Crippen LogP contribution in [-0.2, 0) is 6.61 Å². The van der Waals surface area contributed by atoms with Crippen LogP contribution in [0.15, 0.2) is 48.5 Å². The number of para-hydroxylation sites is 1. The van der Waals surface area contributed by atoms with Crippen LogP contribution in [0.4, 0.5) is 0 Å². The molecule has 0 unspecified atom stereocenters. The normalized spacial score (nSPS) is 9.20. The van der Waals surface area contributed by atoms with Gasteiger partial charge >= 0.3 is 0 Å². The van der Waals surface area contributed by atoms with E-state index in [1.54, 1.807) is 39.5 Å². The molecule has 1 N–H and O–H groups in total. The molecule has 0 atom stereocenters. The summed E-state index contributed by atoms with van der Waals surface area (Å²) in [4.78, 5) is 0. The van der Waals surface area contributed by atoms with Gasteiger partial charge < -0.3 is 19.3 Å². The van der Waals surface area contributed by atoms with Crippen molar-refractivity contribution in [2.24, 2.45) is 0 Å². The summed E-state index contributed by atoms with van der Waals surface area (Å²) in [6.07, 6.45) is 0. The number of hydrogen-bond acceptors (Lipinski definition) is 4. The van der Waals surface area contributed by atoms with E-state index in [0.717, 1.165) is 11.3 Å². The topological polar surface area (TPSA) is 47.9 Å². The van der Waals surface area contributed by atoms with E-state index in [1.165, 1.54) is 0 Å². The average Bonchev–Trinajstić information content (AvgIpc) is 2.55. The molecule has 0 aromatic heterocycles. The van der Waals surface area contributed by atoms with Gasteiger partial charge in [-0.2, -0.15) is 0 Å². The van der Waals surface area contributed by atoms with E-state index in [-0.39, 0.29) is 6.61 Å². The van der Waals surface area contributed by atoms with Crippen LogP contribution in [-0.4, -0.2) is 26.4 Å². The molecular weight excluding hydrogens is 256 g/mol. The third-order valence-corrected chi connectivity index (χ3v) is 2.61. The summed E-state index contributed by atoms with van der Waals surface area (Å²) < 4.78 is 15.0. The Morgan fingerprint density at radius 2 is 1.45 bits per heavy atom. The molecule has 0 spiro atoms. The van der Waals surface area contributed by atoms with Crippen LogP contribution in [0.1, 0.15) is 5.56 Å². The maximum atomic E-state index is 8.82. The molecule has 0 aliphatic carbocycles. The van der Waals surface area contributed by atoms with Crippen molar-refractivity contribution >= 4 is 0 Å². The van der Waals surface area contributed by atoms with Gasteiger partial charge in [-0.15, -0.1) is 0 Å². The Bertz CT molecular complexity index is 497. The summed E-state index contributed by atoms with van der Waals surface area (Å²) in [6.45, 7) is 0.0142. The van der Waals surface area contributed by atoms with E-state index >= 15 is 0 Å². The van der Waals surface area contributed by atoms with Crippen molar-refractivity contribution in [2.75, 3.05) is 21.3 Å². The molecule has 0 aliphatic rings. The van der Waals surface area contributed by atoms with Crippen molar-refractivity contribution in [3.8, 4) is 17.2 Å². The smallest absolute Gasteiger partial charge is 0.161 e. The molecule has 0 saturated carbocycles. The molecule has 0 aliphatic heterocycles. The van der Waals surface area contributed by atoms with E-state index in [0.29, 0.717) is 11.5 Å². The Labute approximate surface area is 119 Å². The first-order valence-electron chi connectivity index (χ1n) is 6.16. The Kier molecular flexibility index (Phi) is 7.00. The Balaban J connectivity index is 0.000000217. The largest absolute Gasteiger partial charge is 0.497 e. The van der Waals surface area contributed by atoms with Gasteiger partial charge in [0.2, 0.25) is 0 Å². The SMILES string of the molecule is COc1ccc(CO)cc1OC.COc1ccccc1. The first-order chi connectivity index (χ1) is 9.74. The summed E-state index contributed by atoms with van der Waals surface area (Å²) in [6, 6.07) is 15.0. The van der Waals surface area contributed by atoms with Crippen LogP contribution < -0.4 is 14.2 Å². The van der Waals surface area contributed by atoms with Crippen molar-refractivity contribution in [3.05, 3.63) is 54.1 Å². The summed E-state index contributed by atoms with van der Waals surface area (Å²) >= 11 is 0. The number of aliphatic hydroxyl groups excluding tert-OH is 1. The second-order valence-electron chi connectivity index (χ2n) is 3.86. The highest BCUT2D eigenvalue weighted by atomic mass is 16.5. The minimum absolute atomic E-state index is 0.0142. The van der Waals surface area contributed by atoms with Crippen molar-refractivity contribution in [2.45, 2.75) is 6.61 Å². The Hall–Kier alpha value is -2.20. The number of aliphatic hydroxyl groups is 1. The second kappa shape index (κ2) is 8.82. The molecule has 20 heavy (non-hydrogen) atoms. The van der Waals surface area contributed by atoms with E-state index in [9.17, 15) is 0 Å². The molecule has 0 radical (unpaired) electrons. The minimum Gasteiger partial charge on any atom is -0.497 e. The maximum absolute atomic E-state index is 8.82. The van der Waals surface area contributed by atoms with Crippen molar-refractivity contribution in [1.82, 2.24) is 0 Å². The minimum atomic E-state index is 0.0142. The molecule has 4 heteroatoms. The van der Waals surface area contributed by atoms with Gasteiger partial charge in [-0.05, 0) is 29.8 Å². The predicted octanol–water partition coefficient (Wildman–Crippen LogP) is 2.89. The molecule has 2 aromatic carbocycles. The lowest BCUT2D eigenvalue weighted by atomic mass is 10.2. The highest BCUT2D eigenvalue weighted by Crippen LogP contribution is 2.27. The number of methoxy groups -OCH3 is 3. The van der Waals surface area contributed by atoms with Crippen LogP contribution in [0.25, 0.3) is 0 Å². The standard InChI is InChI=1S/C9H12O3.C7H8O/c1-11-8-4-3-7(6-10)5-9(8)12-2;1-8-7-5-3-2-4-6-7/h3-5,10H,6H2,1-2H3;2-6H,1H3. The van der Waals surface area contributed by atoms with Gasteiger partial charge in [0, 0.05) is 0 Å². The molecule has 0 bridgehead atoms. The molecule has 0 saturated heterocycles. The van der Waals surface area contributed by atoms with Gasteiger partial charge in [-0.3, -0.25) is 0 Å². The zero-order valence-corrected chi connectivity index (χ0v) is 12.0. The Morgan fingerprint density at radius 3 is 1.90 bits per heavy atom. The van der Waals surface area contributed by atoms with Gasteiger partial charge in [-0.1, -0.05) is 24.3 Å². The van der Waals surface area contributed by atoms with Gasteiger partial charge in [-0.25, -0.2) is 0 Å². The first-order valence-corrected chi connectivity index (χ1v) is 6.16. The molecule has 0 fully saturated rings. The maximum Gasteiger partial charge on any atom is 0.161 e. The summed E-state index contributed by atoms with van der Waals surface area (Å²) in [5, 5.41) is 8.82. The predicted molar refractivity (Wildman–Crippen MR) is 78.5 cm³/mol. The number of rotatable bonds is 4. The number of ether oxygens (including phenoxy) is 3. The van der Waals surface area contributed by atoms with Crippen molar-refractivity contribution in [1.29, 1.82) is 0 Å². The Morgan fingerprint density at radius 1 is 0.800 bits per heavy atom. The molecular formula is C16H20O4. The van der Waals surface area contributed by atoms with Gasteiger partial charge in [0.15, 0.2) is 11.5 Å². The number of hydrogen-bond donors (Lipinski definition) is 1. The van der Waals surface area contributed by atoms with Gasteiger partial charge in [0.25, 0.3) is 0 Å². The molecule has 0 heterocycles. The van der Waals surface area contributed by atoms with Crippen molar-refractivity contribution < 1.29 is 19.3 Å². The van der Waals surface area contributed by atoms with E-state index in [2.05, 4.69) is 0 Å². The quantitative estimate of drug-likeness (QED) is 0.932. The van der Waals surface area contributed by atoms with Crippen LogP contribution in [0, 0.1) is 0 Å². The zero-order chi connectivity index (χ0) is 14.8. The van der Waals surface area contributed by atoms with Gasteiger partial charge in [0.1, 0.15) is 5.75 Å². The number of benzene rings is 2. The zero-order valence-electron chi connectivity index (χ0n) is 12.0. The lowest BCUT2D eigenvalue weighted by molar-refractivity contribution is 0.280. The summed E-state index contributed by atoms with van der Waals surface area (Å²) in [5.41, 5.74) is 0.813. The first kappa shape index (κ1) is 15.9. The fourth-order valence-corrected chi connectivity index (χ4v) is 1.54. The molecule has 2 rings (SSSR count). The van der Waals surface area contributed by atoms with Crippen molar-refractivity contribution in [3.63, 3.8) is 0 Å². The lowest BCUT2D eigenvalue weighted by Gasteiger charge is -2.07. The van der Waals surface area contributed by atoms with Crippen LogP contribution >= 0.6 is 0 Å². The van der Waals surface area contributed by atoms with E-state index in [1.807, 2.05) is 30.3 Å². The average molecular weight is 276 g/mol. The summed E-state index contributed by atoms with van der Waals surface area (Å²) in [5.74, 6) is 2.23. The third kappa shape index (κ3) is 4.82. The monoisotopic (exact) mass is 276 g/mol. The fourth-order valence-electron chi connectivity index (χ4n) is 1.54. The molecule has 0 amide bonds. The second-order valence-corrected chi connectivity index (χ2v) is 3.86. The summed E-state index contributed by atoms with van der Waals surface area (Å²) in [7, 11) is 4.81. The lowest BCUT2D eigenvalue weighted by Crippen LogP contribution is -1.92. The van der Waals surface area contributed by atoms with Gasteiger partial charge in [0.05, 0.1) is 27.9 Å². The highest BCUT2D eigenvalue weighted by Gasteiger charge is 2.02. The van der Waals surface area contributed by atoms with Crippen LogP contribution in [0.2, 0.25) is 0 Å². The molecule has 4 nitrogen and oxygen atoms in total. The van der Waals surface area contributed by atoms with Crippen LogP contribution in [0.5, 0.6) is 17.2 Å². The molecule has 108 valence electrons. The molecule has 2 aromatic rings. The van der Waals surface area contributed by atoms with E-state index in [4.69, 9.17) is 19.3 Å².